The number of nitriles is 1. The molecule has 1 saturated carbocycles. The molecule has 1 saturated heterocycles. The SMILES string of the molecule is CC(C)(C)C1CN(C2CCC(Oc3ncnc4sc5c(c34)[C@@H](CC#N)CC5)CC2)CCN1C(=O)O. The summed E-state index contributed by atoms with van der Waals surface area (Å²) in [5.41, 5.74) is 1.15. The van der Waals surface area contributed by atoms with Gasteiger partial charge < -0.3 is 14.7 Å². The maximum absolute atomic E-state index is 11.8. The first-order chi connectivity index (χ1) is 16.8. The number of carbonyl (C=O) groups is 1. The number of amides is 1. The Morgan fingerprint density at radius 1 is 1.23 bits per heavy atom. The van der Waals surface area contributed by atoms with Crippen LogP contribution in [0.25, 0.3) is 10.2 Å². The van der Waals surface area contributed by atoms with Crippen molar-refractivity contribution >= 4 is 27.6 Å². The predicted molar refractivity (Wildman–Crippen MR) is 135 cm³/mol. The summed E-state index contributed by atoms with van der Waals surface area (Å²) < 4.78 is 6.51. The highest BCUT2D eigenvalue weighted by Gasteiger charge is 2.40. The number of fused-ring (bicyclic) bond motifs is 3. The summed E-state index contributed by atoms with van der Waals surface area (Å²) in [7, 11) is 0. The minimum atomic E-state index is -0.810. The van der Waals surface area contributed by atoms with Gasteiger partial charge in [0.1, 0.15) is 17.3 Å². The van der Waals surface area contributed by atoms with Crippen LogP contribution in [0.15, 0.2) is 6.33 Å². The zero-order valence-electron chi connectivity index (χ0n) is 20.9. The molecule has 1 amide bonds. The van der Waals surface area contributed by atoms with Gasteiger partial charge in [0.05, 0.1) is 17.5 Å². The molecule has 8 nitrogen and oxygen atoms in total. The van der Waals surface area contributed by atoms with Crippen LogP contribution in [0, 0.1) is 16.7 Å². The van der Waals surface area contributed by atoms with Gasteiger partial charge in [0.25, 0.3) is 0 Å². The van der Waals surface area contributed by atoms with Crippen molar-refractivity contribution in [2.24, 2.45) is 5.41 Å². The molecule has 0 bridgehead atoms. The second-order valence-corrected chi connectivity index (χ2v) is 12.4. The Morgan fingerprint density at radius 2 is 2.00 bits per heavy atom. The molecule has 0 radical (unpaired) electrons. The highest BCUT2D eigenvalue weighted by atomic mass is 32.1. The van der Waals surface area contributed by atoms with E-state index in [2.05, 4.69) is 41.7 Å². The smallest absolute Gasteiger partial charge is 0.407 e. The first-order valence-electron chi connectivity index (χ1n) is 12.8. The van der Waals surface area contributed by atoms with E-state index < -0.39 is 6.09 Å². The Kier molecular flexibility index (Phi) is 6.62. The van der Waals surface area contributed by atoms with Gasteiger partial charge in [0.2, 0.25) is 5.88 Å². The lowest BCUT2D eigenvalue weighted by molar-refractivity contribution is -0.00795. The Bertz CT molecular complexity index is 1130. The average Bonchev–Trinajstić information content (AvgIpc) is 3.39. The maximum atomic E-state index is 11.8. The van der Waals surface area contributed by atoms with E-state index in [9.17, 15) is 15.2 Å². The Balaban J connectivity index is 1.25. The van der Waals surface area contributed by atoms with Crippen molar-refractivity contribution in [2.75, 3.05) is 19.6 Å². The fraction of sp³-hybridized carbons (Fsp3) is 0.692. The quantitative estimate of drug-likeness (QED) is 0.631. The van der Waals surface area contributed by atoms with Crippen LogP contribution in [-0.4, -0.2) is 68.8 Å². The molecule has 3 aliphatic rings. The lowest BCUT2D eigenvalue weighted by Crippen LogP contribution is -2.61. The molecule has 5 rings (SSSR count). The molecule has 2 aromatic rings. The zero-order valence-corrected chi connectivity index (χ0v) is 21.7. The average molecular weight is 498 g/mol. The number of rotatable bonds is 4. The standard InChI is InChI=1S/C26H35N5O3S/c1-26(2,3)20-14-30(12-13-31(20)25(32)33)17-5-7-18(8-6-17)34-23-22-21-16(10-11-27)4-9-19(21)35-24(22)29-15-28-23/h15-18,20H,4-10,12-14H2,1-3H3,(H,32,33)/t16-,17?,18?,20?/m1/s1. The predicted octanol–water partition coefficient (Wildman–Crippen LogP) is 5.04. The molecule has 188 valence electrons. The summed E-state index contributed by atoms with van der Waals surface area (Å²) in [6, 6.07) is 2.81. The molecule has 1 unspecified atom stereocenters. The van der Waals surface area contributed by atoms with Crippen molar-refractivity contribution in [1.29, 1.82) is 5.26 Å². The fourth-order valence-corrected chi connectivity index (χ4v) is 7.47. The van der Waals surface area contributed by atoms with Gasteiger partial charge in [-0.05, 0) is 55.4 Å². The first-order valence-corrected chi connectivity index (χ1v) is 13.6. The van der Waals surface area contributed by atoms with Gasteiger partial charge in [0, 0.05) is 37.0 Å². The Hall–Kier alpha value is -2.44. The van der Waals surface area contributed by atoms with Crippen molar-refractivity contribution in [3.63, 3.8) is 0 Å². The van der Waals surface area contributed by atoms with Crippen molar-refractivity contribution in [3.05, 3.63) is 16.8 Å². The number of ether oxygens (including phenoxy) is 1. The monoisotopic (exact) mass is 497 g/mol. The second-order valence-electron chi connectivity index (χ2n) is 11.3. The van der Waals surface area contributed by atoms with Gasteiger partial charge in [-0.25, -0.2) is 14.8 Å². The third-order valence-corrected chi connectivity index (χ3v) is 9.30. The molecule has 1 aliphatic heterocycles. The van der Waals surface area contributed by atoms with E-state index in [1.165, 1.54) is 10.4 Å². The Morgan fingerprint density at radius 3 is 2.69 bits per heavy atom. The molecule has 1 N–H and O–H groups in total. The zero-order chi connectivity index (χ0) is 24.7. The minimum absolute atomic E-state index is 0.000863. The molecule has 2 aromatic heterocycles. The van der Waals surface area contributed by atoms with E-state index in [0.717, 1.165) is 61.8 Å². The van der Waals surface area contributed by atoms with Crippen LogP contribution >= 0.6 is 11.3 Å². The number of hydrogen-bond donors (Lipinski definition) is 1. The maximum Gasteiger partial charge on any atom is 0.407 e. The number of piperazine rings is 1. The van der Waals surface area contributed by atoms with Crippen molar-refractivity contribution in [2.45, 2.75) is 89.8 Å². The number of hydrogen-bond acceptors (Lipinski definition) is 7. The van der Waals surface area contributed by atoms with E-state index in [-0.39, 0.29) is 23.5 Å². The molecule has 3 heterocycles. The van der Waals surface area contributed by atoms with Crippen LogP contribution in [0.5, 0.6) is 5.88 Å². The van der Waals surface area contributed by atoms with Crippen LogP contribution in [-0.2, 0) is 6.42 Å². The van der Waals surface area contributed by atoms with E-state index in [0.29, 0.717) is 24.9 Å². The normalized spacial score (nSPS) is 27.5. The summed E-state index contributed by atoms with van der Waals surface area (Å²) in [4.78, 5) is 27.3. The highest BCUT2D eigenvalue weighted by molar-refractivity contribution is 7.19. The van der Waals surface area contributed by atoms with Crippen LogP contribution in [0.4, 0.5) is 4.79 Å². The molecule has 2 aliphatic carbocycles. The summed E-state index contributed by atoms with van der Waals surface area (Å²) in [6.45, 7) is 8.55. The van der Waals surface area contributed by atoms with Gasteiger partial charge >= 0.3 is 6.09 Å². The second kappa shape index (κ2) is 9.55. The number of carboxylic acid groups (broad SMARTS) is 1. The minimum Gasteiger partial charge on any atom is -0.474 e. The molecule has 9 heteroatoms. The van der Waals surface area contributed by atoms with Gasteiger partial charge in [0.15, 0.2) is 0 Å². The molecular formula is C26H35N5O3S. The van der Waals surface area contributed by atoms with Gasteiger partial charge in [-0.3, -0.25) is 4.90 Å². The Labute approximate surface area is 210 Å². The summed E-state index contributed by atoms with van der Waals surface area (Å²) in [5.74, 6) is 0.941. The van der Waals surface area contributed by atoms with Gasteiger partial charge in [-0.1, -0.05) is 20.8 Å². The van der Waals surface area contributed by atoms with E-state index in [1.54, 1.807) is 22.6 Å². The van der Waals surface area contributed by atoms with E-state index in [1.807, 2.05) is 0 Å². The number of aromatic nitrogens is 2. The van der Waals surface area contributed by atoms with E-state index in [4.69, 9.17) is 4.74 Å². The molecule has 2 atom stereocenters. The first kappa shape index (κ1) is 24.3. The van der Waals surface area contributed by atoms with Crippen LogP contribution in [0.3, 0.4) is 0 Å². The molecule has 2 fully saturated rings. The number of nitrogens with zero attached hydrogens (tertiary/aromatic N) is 5. The van der Waals surface area contributed by atoms with Crippen molar-refractivity contribution in [1.82, 2.24) is 19.8 Å². The summed E-state index contributed by atoms with van der Waals surface area (Å²) in [5, 5.41) is 20.0. The molecule has 35 heavy (non-hydrogen) atoms. The molecular weight excluding hydrogens is 462 g/mol. The van der Waals surface area contributed by atoms with Crippen molar-refractivity contribution < 1.29 is 14.6 Å². The lowest BCUT2D eigenvalue weighted by atomic mass is 9.83. The lowest BCUT2D eigenvalue weighted by Gasteiger charge is -2.49. The van der Waals surface area contributed by atoms with Gasteiger partial charge in [-0.15, -0.1) is 11.3 Å². The third-order valence-electron chi connectivity index (χ3n) is 8.13. The number of thiophene rings is 1. The van der Waals surface area contributed by atoms with Gasteiger partial charge in [-0.2, -0.15) is 5.26 Å². The van der Waals surface area contributed by atoms with Crippen LogP contribution < -0.4 is 4.74 Å². The van der Waals surface area contributed by atoms with Crippen LogP contribution in [0.2, 0.25) is 0 Å². The van der Waals surface area contributed by atoms with Crippen LogP contribution in [0.1, 0.15) is 75.7 Å². The van der Waals surface area contributed by atoms with E-state index >= 15 is 0 Å². The van der Waals surface area contributed by atoms with Crippen molar-refractivity contribution in [3.8, 4) is 11.9 Å². The molecule has 0 spiro atoms. The highest BCUT2D eigenvalue weighted by Crippen LogP contribution is 2.47. The fourth-order valence-electron chi connectivity index (χ4n) is 6.24. The summed E-state index contributed by atoms with van der Waals surface area (Å²) in [6.07, 6.45) is 7.48. The third kappa shape index (κ3) is 4.70. The largest absolute Gasteiger partial charge is 0.474 e. The topological polar surface area (TPSA) is 103 Å². The summed E-state index contributed by atoms with van der Waals surface area (Å²) >= 11 is 1.72. The number of aryl methyl sites for hydroxylation is 1. The molecule has 0 aromatic carbocycles.